The molecule has 25 heavy (non-hydrogen) atoms. The average molecular weight is 355 g/mol. The van der Waals surface area contributed by atoms with Gasteiger partial charge in [-0.15, -0.1) is 26.6 Å². The molecule has 1 saturated carbocycles. The summed E-state index contributed by atoms with van der Waals surface area (Å²) in [5.41, 5.74) is 1.93. The molecule has 3 aromatic rings. The zero-order valence-electron chi connectivity index (χ0n) is 14.5. The SMILES string of the molecule is Cc1csc(N(C)C2CN(c3ccc4nnc(C5CCC5)n4n3)C2)n1. The third kappa shape index (κ3) is 2.47. The van der Waals surface area contributed by atoms with Gasteiger partial charge in [0, 0.05) is 31.4 Å². The number of nitrogens with zero attached hydrogens (tertiary/aromatic N) is 7. The second-order valence-corrected chi connectivity index (χ2v) is 7.93. The van der Waals surface area contributed by atoms with Crippen LogP contribution in [0.25, 0.3) is 5.65 Å². The summed E-state index contributed by atoms with van der Waals surface area (Å²) in [6, 6.07) is 4.56. The van der Waals surface area contributed by atoms with Gasteiger partial charge in [0.25, 0.3) is 0 Å². The molecule has 5 rings (SSSR count). The van der Waals surface area contributed by atoms with Crippen LogP contribution >= 0.6 is 11.3 Å². The summed E-state index contributed by atoms with van der Waals surface area (Å²) < 4.78 is 1.94. The lowest BCUT2D eigenvalue weighted by atomic mass is 9.85. The van der Waals surface area contributed by atoms with Crippen LogP contribution in [0.4, 0.5) is 10.9 Å². The number of aryl methyl sites for hydroxylation is 1. The van der Waals surface area contributed by atoms with Crippen LogP contribution in [-0.4, -0.2) is 51.0 Å². The Kier molecular flexibility index (Phi) is 3.41. The summed E-state index contributed by atoms with van der Waals surface area (Å²) in [6.45, 7) is 3.97. The highest BCUT2D eigenvalue weighted by Crippen LogP contribution is 2.35. The molecule has 0 aromatic carbocycles. The Morgan fingerprint density at radius 3 is 2.72 bits per heavy atom. The molecule has 2 aliphatic rings. The molecule has 1 aliphatic carbocycles. The fraction of sp³-hybridized carbons (Fsp3) is 0.529. The molecule has 0 bridgehead atoms. The van der Waals surface area contributed by atoms with Crippen molar-refractivity contribution in [1.29, 1.82) is 0 Å². The Balaban J connectivity index is 1.33. The van der Waals surface area contributed by atoms with Crippen LogP contribution in [0.5, 0.6) is 0 Å². The van der Waals surface area contributed by atoms with Crippen molar-refractivity contribution in [2.24, 2.45) is 0 Å². The van der Waals surface area contributed by atoms with E-state index in [1.54, 1.807) is 11.3 Å². The summed E-state index contributed by atoms with van der Waals surface area (Å²) in [7, 11) is 2.13. The quantitative estimate of drug-likeness (QED) is 0.716. The van der Waals surface area contributed by atoms with Gasteiger partial charge >= 0.3 is 0 Å². The number of rotatable bonds is 4. The van der Waals surface area contributed by atoms with E-state index in [0.29, 0.717) is 12.0 Å². The Morgan fingerprint density at radius 2 is 2.04 bits per heavy atom. The minimum atomic E-state index is 0.482. The zero-order valence-corrected chi connectivity index (χ0v) is 15.3. The molecule has 4 heterocycles. The van der Waals surface area contributed by atoms with Crippen molar-refractivity contribution in [3.63, 3.8) is 0 Å². The standard InChI is InChI=1S/C17H21N7S/c1-11-10-25-17(18-11)22(2)13-8-23(9-13)15-7-6-14-19-20-16(24(14)21-15)12-4-3-5-12/h6-7,10,12-13H,3-5,8-9H2,1-2H3. The maximum Gasteiger partial charge on any atom is 0.185 e. The van der Waals surface area contributed by atoms with Crippen LogP contribution in [-0.2, 0) is 0 Å². The van der Waals surface area contributed by atoms with Gasteiger partial charge in [-0.2, -0.15) is 4.52 Å². The van der Waals surface area contributed by atoms with Gasteiger partial charge in [0.15, 0.2) is 16.6 Å². The van der Waals surface area contributed by atoms with E-state index in [1.165, 1.54) is 19.3 Å². The predicted molar refractivity (Wildman–Crippen MR) is 98.6 cm³/mol. The number of fused-ring (bicyclic) bond motifs is 1. The Hall–Kier alpha value is -2.22. The van der Waals surface area contributed by atoms with Crippen LogP contribution in [0.2, 0.25) is 0 Å². The molecule has 1 aliphatic heterocycles. The molecule has 3 aromatic heterocycles. The third-order valence-corrected chi connectivity index (χ3v) is 6.43. The first-order valence-corrected chi connectivity index (χ1v) is 9.69. The second-order valence-electron chi connectivity index (χ2n) is 7.09. The van der Waals surface area contributed by atoms with Gasteiger partial charge in [0.05, 0.1) is 11.7 Å². The largest absolute Gasteiger partial charge is 0.351 e. The van der Waals surface area contributed by atoms with Crippen molar-refractivity contribution in [2.45, 2.75) is 38.1 Å². The molecule has 0 N–H and O–H groups in total. The summed E-state index contributed by atoms with van der Waals surface area (Å²) >= 11 is 1.71. The van der Waals surface area contributed by atoms with Crippen LogP contribution in [0.3, 0.4) is 0 Å². The second kappa shape index (κ2) is 5.66. The van der Waals surface area contributed by atoms with Crippen molar-refractivity contribution in [2.75, 3.05) is 29.9 Å². The smallest absolute Gasteiger partial charge is 0.185 e. The van der Waals surface area contributed by atoms with Crippen molar-refractivity contribution < 1.29 is 0 Å². The lowest BCUT2D eigenvalue weighted by Crippen LogP contribution is -2.59. The van der Waals surface area contributed by atoms with Gasteiger partial charge in [-0.05, 0) is 31.9 Å². The van der Waals surface area contributed by atoms with E-state index in [1.807, 2.05) is 17.5 Å². The monoisotopic (exact) mass is 355 g/mol. The number of aromatic nitrogens is 5. The van der Waals surface area contributed by atoms with Gasteiger partial charge in [-0.3, -0.25) is 0 Å². The highest BCUT2D eigenvalue weighted by Gasteiger charge is 2.33. The summed E-state index contributed by atoms with van der Waals surface area (Å²) in [5, 5.41) is 16.6. The highest BCUT2D eigenvalue weighted by molar-refractivity contribution is 7.13. The van der Waals surface area contributed by atoms with Gasteiger partial charge < -0.3 is 9.80 Å². The van der Waals surface area contributed by atoms with E-state index in [4.69, 9.17) is 5.10 Å². The average Bonchev–Trinajstić information content (AvgIpc) is 3.11. The Morgan fingerprint density at radius 1 is 1.20 bits per heavy atom. The first-order chi connectivity index (χ1) is 12.2. The van der Waals surface area contributed by atoms with Crippen LogP contribution < -0.4 is 9.80 Å². The van der Waals surface area contributed by atoms with Crippen molar-refractivity contribution in [1.82, 2.24) is 24.8 Å². The Labute approximate surface area is 150 Å². The van der Waals surface area contributed by atoms with Crippen molar-refractivity contribution >= 4 is 27.9 Å². The van der Waals surface area contributed by atoms with E-state index in [-0.39, 0.29) is 0 Å². The molecule has 1 saturated heterocycles. The molecule has 2 fully saturated rings. The Bertz CT molecular complexity index is 907. The zero-order chi connectivity index (χ0) is 17.0. The molecule has 0 unspecified atom stereocenters. The highest BCUT2D eigenvalue weighted by atomic mass is 32.1. The van der Waals surface area contributed by atoms with E-state index >= 15 is 0 Å². The summed E-state index contributed by atoms with van der Waals surface area (Å²) in [4.78, 5) is 9.18. The van der Waals surface area contributed by atoms with E-state index in [2.05, 4.69) is 43.5 Å². The molecule has 0 radical (unpaired) electrons. The minimum Gasteiger partial charge on any atom is -0.351 e. The topological polar surface area (TPSA) is 62.5 Å². The maximum absolute atomic E-state index is 4.82. The number of hydrogen-bond donors (Lipinski definition) is 0. The fourth-order valence-electron chi connectivity index (χ4n) is 3.43. The van der Waals surface area contributed by atoms with Crippen LogP contribution in [0.1, 0.15) is 36.7 Å². The van der Waals surface area contributed by atoms with E-state index in [0.717, 1.165) is 41.2 Å². The third-order valence-electron chi connectivity index (χ3n) is 5.39. The molecular weight excluding hydrogens is 334 g/mol. The summed E-state index contributed by atoms with van der Waals surface area (Å²) in [5.74, 6) is 2.56. The van der Waals surface area contributed by atoms with Crippen LogP contribution in [0.15, 0.2) is 17.5 Å². The first-order valence-electron chi connectivity index (χ1n) is 8.81. The molecule has 130 valence electrons. The molecule has 8 heteroatoms. The maximum atomic E-state index is 4.82. The lowest BCUT2D eigenvalue weighted by molar-refractivity contribution is 0.394. The van der Waals surface area contributed by atoms with E-state index in [9.17, 15) is 0 Å². The van der Waals surface area contributed by atoms with Gasteiger partial charge in [-0.25, -0.2) is 4.98 Å². The number of likely N-dealkylation sites (N-methyl/N-ethyl adjacent to an activating group) is 1. The summed E-state index contributed by atoms with van der Waals surface area (Å²) in [6.07, 6.45) is 3.70. The van der Waals surface area contributed by atoms with Gasteiger partial charge in [-0.1, -0.05) is 6.42 Å². The number of thiazole rings is 1. The molecule has 0 amide bonds. The van der Waals surface area contributed by atoms with Crippen LogP contribution in [0, 0.1) is 6.92 Å². The van der Waals surface area contributed by atoms with Gasteiger partial charge in [0.1, 0.15) is 5.82 Å². The number of anilines is 2. The fourth-order valence-corrected chi connectivity index (χ4v) is 4.27. The van der Waals surface area contributed by atoms with E-state index < -0.39 is 0 Å². The molecule has 0 spiro atoms. The van der Waals surface area contributed by atoms with Crippen molar-refractivity contribution in [3.8, 4) is 0 Å². The predicted octanol–water partition coefficient (Wildman–Crippen LogP) is 2.48. The molecule has 0 atom stereocenters. The first kappa shape index (κ1) is 15.1. The minimum absolute atomic E-state index is 0.482. The normalized spacial score (nSPS) is 18.4. The molecular formula is C17H21N7S. The van der Waals surface area contributed by atoms with Gasteiger partial charge in [0.2, 0.25) is 0 Å². The molecule has 7 nitrogen and oxygen atoms in total. The lowest BCUT2D eigenvalue weighted by Gasteiger charge is -2.44. The number of hydrogen-bond acceptors (Lipinski definition) is 7. The van der Waals surface area contributed by atoms with Crippen molar-refractivity contribution in [3.05, 3.63) is 29.0 Å².